The molecule has 0 aliphatic rings. The quantitative estimate of drug-likeness (QED) is 0.593. The molecule has 0 saturated heterocycles. The predicted molar refractivity (Wildman–Crippen MR) is 84.5 cm³/mol. The van der Waals surface area contributed by atoms with E-state index < -0.39 is 11.9 Å². The molecule has 0 saturated carbocycles. The Bertz CT molecular complexity index is 544. The van der Waals surface area contributed by atoms with Gasteiger partial charge in [0.2, 0.25) is 5.91 Å². The molecule has 0 radical (unpaired) electrons. The van der Waals surface area contributed by atoms with Crippen molar-refractivity contribution in [3.63, 3.8) is 0 Å². The van der Waals surface area contributed by atoms with E-state index in [1.165, 1.54) is 6.08 Å². The summed E-state index contributed by atoms with van der Waals surface area (Å²) in [6, 6.07) is 5.09. The van der Waals surface area contributed by atoms with Crippen molar-refractivity contribution in [3.8, 4) is 0 Å². The zero-order chi connectivity index (χ0) is 15.8. The van der Waals surface area contributed by atoms with Gasteiger partial charge in [-0.3, -0.25) is 9.59 Å². The number of carboxylic acids is 1. The molecule has 2 N–H and O–H groups in total. The molecule has 1 aromatic rings. The first-order valence-corrected chi connectivity index (χ1v) is 7.29. The van der Waals surface area contributed by atoms with Crippen molar-refractivity contribution < 1.29 is 14.7 Å². The molecular formula is C15H17Cl2NO3. The molecule has 0 aliphatic carbocycles. The van der Waals surface area contributed by atoms with E-state index >= 15 is 0 Å². The van der Waals surface area contributed by atoms with Crippen molar-refractivity contribution in [3.05, 3.63) is 39.9 Å². The van der Waals surface area contributed by atoms with E-state index in [1.807, 2.05) is 0 Å². The predicted octanol–water partition coefficient (Wildman–Crippen LogP) is 3.62. The Labute approximate surface area is 133 Å². The van der Waals surface area contributed by atoms with E-state index in [0.29, 0.717) is 29.4 Å². The Hall–Kier alpha value is -1.52. The lowest BCUT2D eigenvalue weighted by atomic mass is 10.1. The Morgan fingerprint density at radius 3 is 2.67 bits per heavy atom. The van der Waals surface area contributed by atoms with Crippen LogP contribution in [0.3, 0.4) is 0 Å². The maximum Gasteiger partial charge on any atom is 0.306 e. The van der Waals surface area contributed by atoms with Gasteiger partial charge in [0, 0.05) is 12.6 Å². The molecule has 21 heavy (non-hydrogen) atoms. The third-order valence-electron chi connectivity index (χ3n) is 2.91. The molecule has 0 heterocycles. The lowest BCUT2D eigenvalue weighted by Crippen LogP contribution is -2.23. The summed E-state index contributed by atoms with van der Waals surface area (Å²) < 4.78 is 0. The Morgan fingerprint density at radius 1 is 1.33 bits per heavy atom. The fourth-order valence-corrected chi connectivity index (χ4v) is 1.90. The van der Waals surface area contributed by atoms with Gasteiger partial charge in [-0.25, -0.2) is 0 Å². The van der Waals surface area contributed by atoms with E-state index in [1.54, 1.807) is 31.2 Å². The van der Waals surface area contributed by atoms with E-state index in [9.17, 15) is 9.59 Å². The molecule has 4 nitrogen and oxygen atoms in total. The summed E-state index contributed by atoms with van der Waals surface area (Å²) >= 11 is 11.7. The van der Waals surface area contributed by atoms with Crippen molar-refractivity contribution in [1.29, 1.82) is 0 Å². The van der Waals surface area contributed by atoms with Crippen LogP contribution < -0.4 is 5.32 Å². The van der Waals surface area contributed by atoms with Gasteiger partial charge in [-0.2, -0.15) is 0 Å². The van der Waals surface area contributed by atoms with Crippen LogP contribution in [-0.4, -0.2) is 23.5 Å². The Balaban J connectivity index is 2.34. The average molecular weight is 330 g/mol. The molecule has 0 fully saturated rings. The highest BCUT2D eigenvalue weighted by Crippen LogP contribution is 2.23. The summed E-state index contributed by atoms with van der Waals surface area (Å²) in [7, 11) is 0. The second-order valence-corrected chi connectivity index (χ2v) is 5.49. The normalized spacial score (nSPS) is 12.3. The SMILES string of the molecule is CC(CCCNC(=O)/C=C/c1ccc(Cl)c(Cl)c1)C(=O)O. The summed E-state index contributed by atoms with van der Waals surface area (Å²) in [5, 5.41) is 12.3. The van der Waals surface area contributed by atoms with Gasteiger partial charge in [0.05, 0.1) is 16.0 Å². The number of carbonyl (C=O) groups is 2. The standard InChI is InChI=1S/C15H17Cl2NO3/c1-10(15(20)21)3-2-8-18-14(19)7-5-11-4-6-12(16)13(17)9-11/h4-7,9-10H,2-3,8H2,1H3,(H,18,19)(H,20,21)/b7-5+. The molecule has 6 heteroatoms. The van der Waals surface area contributed by atoms with Crippen molar-refractivity contribution in [2.45, 2.75) is 19.8 Å². The number of amides is 1. The number of hydrogen-bond donors (Lipinski definition) is 2. The number of rotatable bonds is 7. The second-order valence-electron chi connectivity index (χ2n) is 4.68. The van der Waals surface area contributed by atoms with Crippen LogP contribution in [0, 0.1) is 5.92 Å². The zero-order valence-corrected chi connectivity index (χ0v) is 13.1. The first-order chi connectivity index (χ1) is 9.90. The summed E-state index contributed by atoms with van der Waals surface area (Å²) in [6.07, 6.45) is 4.20. The first-order valence-electron chi connectivity index (χ1n) is 6.54. The minimum Gasteiger partial charge on any atom is -0.481 e. The molecule has 0 bridgehead atoms. The van der Waals surface area contributed by atoms with Crippen LogP contribution in [0.5, 0.6) is 0 Å². The number of aliphatic carboxylic acids is 1. The van der Waals surface area contributed by atoms with Gasteiger partial charge >= 0.3 is 5.97 Å². The van der Waals surface area contributed by atoms with Crippen molar-refractivity contribution in [2.75, 3.05) is 6.54 Å². The highest BCUT2D eigenvalue weighted by Gasteiger charge is 2.09. The molecule has 1 rings (SSSR count). The van der Waals surface area contributed by atoms with Crippen LogP contribution in [-0.2, 0) is 9.59 Å². The Kier molecular flexibility index (Phi) is 7.26. The molecule has 0 aromatic heterocycles. The van der Waals surface area contributed by atoms with Gasteiger partial charge in [-0.05, 0) is 36.6 Å². The number of carbonyl (C=O) groups excluding carboxylic acids is 1. The summed E-state index contributed by atoms with van der Waals surface area (Å²) in [5.41, 5.74) is 0.777. The largest absolute Gasteiger partial charge is 0.481 e. The highest BCUT2D eigenvalue weighted by molar-refractivity contribution is 6.42. The van der Waals surface area contributed by atoms with Crippen molar-refractivity contribution in [1.82, 2.24) is 5.32 Å². The number of hydrogen-bond acceptors (Lipinski definition) is 2. The van der Waals surface area contributed by atoms with Crippen LogP contribution in [0.25, 0.3) is 6.08 Å². The average Bonchev–Trinajstić information content (AvgIpc) is 2.44. The van der Waals surface area contributed by atoms with E-state index in [-0.39, 0.29) is 5.91 Å². The number of benzene rings is 1. The smallest absolute Gasteiger partial charge is 0.306 e. The minimum atomic E-state index is -0.819. The van der Waals surface area contributed by atoms with Gasteiger partial charge in [-0.15, -0.1) is 0 Å². The van der Waals surface area contributed by atoms with E-state index in [0.717, 1.165) is 5.56 Å². The molecular weight excluding hydrogens is 313 g/mol. The fourth-order valence-electron chi connectivity index (χ4n) is 1.59. The zero-order valence-electron chi connectivity index (χ0n) is 11.6. The maximum absolute atomic E-state index is 11.6. The third kappa shape index (κ3) is 6.65. The van der Waals surface area contributed by atoms with Crippen molar-refractivity contribution >= 4 is 41.2 Å². The summed E-state index contributed by atoms with van der Waals surface area (Å²) in [6.45, 7) is 2.09. The van der Waals surface area contributed by atoms with Crippen LogP contribution in [0.2, 0.25) is 10.0 Å². The van der Waals surface area contributed by atoms with Crippen LogP contribution >= 0.6 is 23.2 Å². The molecule has 0 aliphatic heterocycles. The molecule has 0 spiro atoms. The van der Waals surface area contributed by atoms with Gasteiger partial charge in [-0.1, -0.05) is 36.2 Å². The van der Waals surface area contributed by atoms with Gasteiger partial charge in [0.25, 0.3) is 0 Å². The molecule has 1 amide bonds. The molecule has 1 unspecified atom stereocenters. The van der Waals surface area contributed by atoms with Crippen LogP contribution in [0.15, 0.2) is 24.3 Å². The summed E-state index contributed by atoms with van der Waals surface area (Å²) in [5.74, 6) is -1.45. The molecule has 1 aromatic carbocycles. The van der Waals surface area contributed by atoms with Gasteiger partial charge < -0.3 is 10.4 Å². The maximum atomic E-state index is 11.6. The number of carboxylic acid groups (broad SMARTS) is 1. The minimum absolute atomic E-state index is 0.232. The monoisotopic (exact) mass is 329 g/mol. The third-order valence-corrected chi connectivity index (χ3v) is 3.64. The van der Waals surface area contributed by atoms with E-state index in [4.69, 9.17) is 28.3 Å². The lowest BCUT2D eigenvalue weighted by Gasteiger charge is -2.06. The molecule has 114 valence electrons. The van der Waals surface area contributed by atoms with Crippen LogP contribution in [0.1, 0.15) is 25.3 Å². The number of nitrogens with one attached hydrogen (secondary N) is 1. The van der Waals surface area contributed by atoms with Crippen molar-refractivity contribution in [2.24, 2.45) is 5.92 Å². The fraction of sp³-hybridized carbons (Fsp3) is 0.333. The summed E-state index contributed by atoms with van der Waals surface area (Å²) in [4.78, 5) is 22.2. The number of halogens is 2. The Morgan fingerprint density at radius 2 is 2.05 bits per heavy atom. The van der Waals surface area contributed by atoms with Crippen LogP contribution in [0.4, 0.5) is 0 Å². The van der Waals surface area contributed by atoms with E-state index in [2.05, 4.69) is 5.32 Å². The first kappa shape index (κ1) is 17.5. The lowest BCUT2D eigenvalue weighted by molar-refractivity contribution is -0.141. The van der Waals surface area contributed by atoms with Gasteiger partial charge in [0.1, 0.15) is 0 Å². The topological polar surface area (TPSA) is 66.4 Å². The molecule has 1 atom stereocenters. The van der Waals surface area contributed by atoms with Gasteiger partial charge in [0.15, 0.2) is 0 Å². The second kappa shape index (κ2) is 8.70. The highest BCUT2D eigenvalue weighted by atomic mass is 35.5.